The van der Waals surface area contributed by atoms with Crippen LogP contribution in [0.5, 0.6) is 0 Å². The highest BCUT2D eigenvalue weighted by atomic mass is 16.2. The van der Waals surface area contributed by atoms with Gasteiger partial charge in [-0.15, -0.1) is 0 Å². The van der Waals surface area contributed by atoms with Gasteiger partial charge in [0.25, 0.3) is 0 Å². The maximum Gasteiger partial charge on any atom is 0.237 e. The van der Waals surface area contributed by atoms with Gasteiger partial charge in [0, 0.05) is 38.8 Å². The second kappa shape index (κ2) is 9.54. The van der Waals surface area contributed by atoms with Crippen LogP contribution in [0.15, 0.2) is 24.3 Å². The lowest BCUT2D eigenvalue weighted by Gasteiger charge is -2.39. The molecular formula is C23H34N4O. The number of amides is 1. The van der Waals surface area contributed by atoms with Crippen molar-refractivity contribution in [2.45, 2.75) is 58.7 Å². The molecule has 28 heavy (non-hydrogen) atoms. The van der Waals surface area contributed by atoms with E-state index < -0.39 is 0 Å². The third-order valence-electron chi connectivity index (χ3n) is 6.86. The topological polar surface area (TPSA) is 59.4 Å². The highest BCUT2D eigenvalue weighted by Crippen LogP contribution is 2.29. The summed E-state index contributed by atoms with van der Waals surface area (Å²) in [5.74, 6) is 1.45. The van der Waals surface area contributed by atoms with E-state index in [0.717, 1.165) is 39.1 Å². The molecule has 0 unspecified atom stereocenters. The second-order valence-electron chi connectivity index (χ2n) is 8.68. The van der Waals surface area contributed by atoms with Crippen molar-refractivity contribution < 1.29 is 4.79 Å². The van der Waals surface area contributed by atoms with E-state index in [-0.39, 0.29) is 11.9 Å². The summed E-state index contributed by atoms with van der Waals surface area (Å²) in [6.45, 7) is 11.3. The van der Waals surface area contributed by atoms with Gasteiger partial charge in [-0.3, -0.25) is 14.6 Å². The highest BCUT2D eigenvalue weighted by Gasteiger charge is 2.31. The zero-order valence-corrected chi connectivity index (χ0v) is 17.5. The molecule has 1 saturated heterocycles. The smallest absolute Gasteiger partial charge is 0.237 e. The maximum absolute atomic E-state index is 12.8. The molecule has 2 fully saturated rings. The molecule has 1 saturated carbocycles. The normalized spacial score (nSPS) is 27.7. The van der Waals surface area contributed by atoms with Gasteiger partial charge in [0.2, 0.25) is 5.91 Å². The van der Waals surface area contributed by atoms with E-state index in [1.54, 1.807) is 0 Å². The third-order valence-corrected chi connectivity index (χ3v) is 6.86. The van der Waals surface area contributed by atoms with Crippen molar-refractivity contribution >= 4 is 5.91 Å². The van der Waals surface area contributed by atoms with E-state index in [9.17, 15) is 4.79 Å². The first-order valence-corrected chi connectivity index (χ1v) is 10.7. The fourth-order valence-corrected chi connectivity index (χ4v) is 4.51. The van der Waals surface area contributed by atoms with Gasteiger partial charge in [-0.1, -0.05) is 38.8 Å². The average Bonchev–Trinajstić information content (AvgIpc) is 2.72. The van der Waals surface area contributed by atoms with Gasteiger partial charge in [-0.05, 0) is 42.9 Å². The molecule has 0 bridgehead atoms. The Morgan fingerprint density at radius 2 is 1.86 bits per heavy atom. The first-order valence-electron chi connectivity index (χ1n) is 10.7. The number of nitrogens with zero attached hydrogens (tertiary/aromatic N) is 3. The summed E-state index contributed by atoms with van der Waals surface area (Å²) in [4.78, 5) is 17.5. The number of carbonyl (C=O) groups excluding carboxylic acids is 1. The van der Waals surface area contributed by atoms with E-state index >= 15 is 0 Å². The van der Waals surface area contributed by atoms with Crippen LogP contribution in [0.4, 0.5) is 0 Å². The molecule has 1 amide bonds. The number of benzene rings is 1. The Morgan fingerprint density at radius 3 is 2.50 bits per heavy atom. The van der Waals surface area contributed by atoms with Crippen molar-refractivity contribution in [2.24, 2.45) is 11.8 Å². The first kappa shape index (κ1) is 20.8. The zero-order chi connectivity index (χ0) is 20.1. The van der Waals surface area contributed by atoms with Gasteiger partial charge in [-0.25, -0.2) is 0 Å². The van der Waals surface area contributed by atoms with Crippen molar-refractivity contribution in [1.82, 2.24) is 15.1 Å². The summed E-state index contributed by atoms with van der Waals surface area (Å²) in [5.41, 5.74) is 1.94. The van der Waals surface area contributed by atoms with Crippen molar-refractivity contribution in [2.75, 3.05) is 26.2 Å². The number of hydrogen-bond acceptors (Lipinski definition) is 4. The standard InChI is InChI=1S/C23H34N4O/c1-17-5-4-6-22(18(17)2)25-23(28)19(3)27-13-11-26(12-14-27)16-21-9-7-20(15-24)8-10-21/h7-10,17-19,22H,4-6,11-14,16H2,1-3H3,(H,25,28)/t17-,18+,19+,22+/m0/s1. The Morgan fingerprint density at radius 1 is 1.18 bits per heavy atom. The van der Waals surface area contributed by atoms with E-state index in [1.165, 1.54) is 18.4 Å². The Balaban J connectivity index is 1.45. The minimum atomic E-state index is -0.0681. The number of hydrogen-bond donors (Lipinski definition) is 1. The molecule has 1 aromatic carbocycles. The zero-order valence-electron chi connectivity index (χ0n) is 17.5. The van der Waals surface area contributed by atoms with Gasteiger partial charge in [0.1, 0.15) is 0 Å². The number of nitriles is 1. The lowest BCUT2D eigenvalue weighted by molar-refractivity contribution is -0.128. The minimum Gasteiger partial charge on any atom is -0.352 e. The summed E-state index contributed by atoms with van der Waals surface area (Å²) in [6, 6.07) is 10.3. The van der Waals surface area contributed by atoms with E-state index in [0.29, 0.717) is 23.4 Å². The van der Waals surface area contributed by atoms with Gasteiger partial charge >= 0.3 is 0 Å². The molecule has 0 spiro atoms. The molecule has 2 aliphatic rings. The number of carbonyl (C=O) groups is 1. The lowest BCUT2D eigenvalue weighted by atomic mass is 9.78. The highest BCUT2D eigenvalue weighted by molar-refractivity contribution is 5.81. The Hall–Kier alpha value is -1.90. The van der Waals surface area contributed by atoms with Crippen molar-refractivity contribution in [3.8, 4) is 6.07 Å². The van der Waals surface area contributed by atoms with Crippen LogP contribution in [0.3, 0.4) is 0 Å². The van der Waals surface area contributed by atoms with E-state index in [1.807, 2.05) is 31.2 Å². The van der Waals surface area contributed by atoms with Crippen LogP contribution in [0, 0.1) is 23.2 Å². The third kappa shape index (κ3) is 5.12. The first-order chi connectivity index (χ1) is 13.5. The Labute approximate surface area is 169 Å². The summed E-state index contributed by atoms with van der Waals surface area (Å²) >= 11 is 0. The van der Waals surface area contributed by atoms with Crippen LogP contribution >= 0.6 is 0 Å². The van der Waals surface area contributed by atoms with Crippen LogP contribution < -0.4 is 5.32 Å². The summed E-state index contributed by atoms with van der Waals surface area (Å²) in [7, 11) is 0. The maximum atomic E-state index is 12.8. The average molecular weight is 383 g/mol. The van der Waals surface area contributed by atoms with Gasteiger partial charge < -0.3 is 5.32 Å². The van der Waals surface area contributed by atoms with Gasteiger partial charge in [0.15, 0.2) is 0 Å². The predicted molar refractivity (Wildman–Crippen MR) is 112 cm³/mol. The molecule has 1 aliphatic heterocycles. The lowest BCUT2D eigenvalue weighted by Crippen LogP contribution is -2.56. The summed E-state index contributed by atoms with van der Waals surface area (Å²) in [5, 5.41) is 12.2. The van der Waals surface area contributed by atoms with Gasteiger partial charge in [0.05, 0.1) is 17.7 Å². The fourth-order valence-electron chi connectivity index (χ4n) is 4.51. The van der Waals surface area contributed by atoms with Crippen molar-refractivity contribution in [1.29, 1.82) is 5.26 Å². The van der Waals surface area contributed by atoms with Gasteiger partial charge in [-0.2, -0.15) is 5.26 Å². The molecule has 1 aliphatic carbocycles. The number of rotatable bonds is 5. The number of nitrogens with one attached hydrogen (secondary N) is 1. The monoisotopic (exact) mass is 382 g/mol. The summed E-state index contributed by atoms with van der Waals surface area (Å²) in [6.07, 6.45) is 3.62. The SMILES string of the molecule is C[C@@H]1[C@@H](C)CCC[C@H]1NC(=O)[C@@H](C)N1CCN(Cc2ccc(C#N)cc2)CC1. The Kier molecular flexibility index (Phi) is 7.09. The largest absolute Gasteiger partial charge is 0.352 e. The van der Waals surface area contributed by atoms with E-state index in [2.05, 4.69) is 35.0 Å². The summed E-state index contributed by atoms with van der Waals surface area (Å²) < 4.78 is 0. The molecule has 0 radical (unpaired) electrons. The van der Waals surface area contributed by atoms with Crippen LogP contribution in [-0.4, -0.2) is 54.0 Å². The van der Waals surface area contributed by atoms with Crippen LogP contribution in [-0.2, 0) is 11.3 Å². The fraction of sp³-hybridized carbons (Fsp3) is 0.652. The van der Waals surface area contributed by atoms with Crippen LogP contribution in [0.1, 0.15) is 51.2 Å². The molecule has 3 rings (SSSR count). The molecular weight excluding hydrogens is 348 g/mol. The molecule has 152 valence electrons. The van der Waals surface area contributed by atoms with Crippen molar-refractivity contribution in [3.63, 3.8) is 0 Å². The van der Waals surface area contributed by atoms with E-state index in [4.69, 9.17) is 5.26 Å². The van der Waals surface area contributed by atoms with Crippen LogP contribution in [0.25, 0.3) is 0 Å². The molecule has 5 nitrogen and oxygen atoms in total. The Bertz CT molecular complexity index is 688. The number of piperazine rings is 1. The molecule has 1 heterocycles. The molecule has 4 atom stereocenters. The van der Waals surface area contributed by atoms with Crippen molar-refractivity contribution in [3.05, 3.63) is 35.4 Å². The van der Waals surface area contributed by atoms with Crippen LogP contribution in [0.2, 0.25) is 0 Å². The minimum absolute atomic E-state index is 0.0681. The predicted octanol–water partition coefficient (Wildman–Crippen LogP) is 3.01. The quantitative estimate of drug-likeness (QED) is 0.850. The second-order valence-corrected chi connectivity index (χ2v) is 8.68. The molecule has 0 aromatic heterocycles. The molecule has 1 N–H and O–H groups in total. The molecule has 1 aromatic rings. The molecule has 5 heteroatoms.